The molecule has 1 unspecified atom stereocenters. The topological polar surface area (TPSA) is 65.5 Å². The molecule has 0 aromatic heterocycles. The molecule has 3 N–H and O–H groups in total. The zero-order valence-electron chi connectivity index (χ0n) is 14.1. The van der Waals surface area contributed by atoms with Crippen LogP contribution in [0.5, 0.6) is 0 Å². The smallest absolute Gasteiger partial charge is 0.220 e. The summed E-state index contributed by atoms with van der Waals surface area (Å²) >= 11 is 6.21. The van der Waals surface area contributed by atoms with Crippen molar-refractivity contribution in [3.05, 3.63) is 34.9 Å². The molecule has 134 valence electrons. The van der Waals surface area contributed by atoms with Crippen LogP contribution in [0.1, 0.15) is 44.2 Å². The molecule has 0 saturated heterocycles. The van der Waals surface area contributed by atoms with Gasteiger partial charge in [0.2, 0.25) is 5.91 Å². The fraction of sp³-hybridized carbons (Fsp3) is 0.529. The summed E-state index contributed by atoms with van der Waals surface area (Å²) in [4.78, 5) is 15.8. The van der Waals surface area contributed by atoms with Crippen molar-refractivity contribution in [2.75, 3.05) is 13.6 Å². The lowest BCUT2D eigenvalue weighted by Gasteiger charge is -2.19. The highest BCUT2D eigenvalue weighted by molar-refractivity contribution is 14.0. The van der Waals surface area contributed by atoms with Crippen molar-refractivity contribution in [3.8, 4) is 0 Å². The van der Waals surface area contributed by atoms with Crippen LogP contribution in [-0.4, -0.2) is 31.5 Å². The molecular weight excluding hydrogens is 439 g/mol. The zero-order chi connectivity index (χ0) is 16.7. The van der Waals surface area contributed by atoms with E-state index in [9.17, 15) is 4.79 Å². The highest BCUT2D eigenvalue weighted by Gasteiger charge is 2.22. The Kier molecular flexibility index (Phi) is 9.43. The Morgan fingerprint density at radius 2 is 2.08 bits per heavy atom. The van der Waals surface area contributed by atoms with Crippen molar-refractivity contribution in [1.29, 1.82) is 0 Å². The molecule has 0 radical (unpaired) electrons. The van der Waals surface area contributed by atoms with Crippen LogP contribution in [0.2, 0.25) is 5.02 Å². The molecular formula is C17H26ClIN4O. The first-order valence-corrected chi connectivity index (χ1v) is 8.49. The second-order valence-electron chi connectivity index (χ2n) is 5.83. The molecule has 1 amide bonds. The van der Waals surface area contributed by atoms with Gasteiger partial charge in [0.1, 0.15) is 0 Å². The number of nitrogens with zero attached hydrogens (tertiary/aromatic N) is 1. The Hall–Kier alpha value is -1.02. The van der Waals surface area contributed by atoms with E-state index in [2.05, 4.69) is 20.9 Å². The number of aliphatic imine (C=N–C) groups is 1. The third-order valence-electron chi connectivity index (χ3n) is 3.76. The second kappa shape index (κ2) is 10.8. The molecule has 1 aromatic rings. The number of amides is 1. The highest BCUT2D eigenvalue weighted by Crippen LogP contribution is 2.22. The minimum Gasteiger partial charge on any atom is -0.356 e. The number of carbonyl (C=O) groups excluding carboxylic acids is 1. The summed E-state index contributed by atoms with van der Waals surface area (Å²) in [5, 5.41) is 10.3. The third kappa shape index (κ3) is 7.25. The lowest BCUT2D eigenvalue weighted by molar-refractivity contribution is -0.121. The quantitative estimate of drug-likeness (QED) is 0.251. The summed E-state index contributed by atoms with van der Waals surface area (Å²) in [5.41, 5.74) is 1.03. The SMILES string of the molecule is CN=C(NCCCC(=O)NC1CC1)NC(C)c1ccccc1Cl.I. The highest BCUT2D eigenvalue weighted by atomic mass is 127. The molecule has 0 heterocycles. The van der Waals surface area contributed by atoms with E-state index >= 15 is 0 Å². The van der Waals surface area contributed by atoms with Gasteiger partial charge in [-0.1, -0.05) is 29.8 Å². The number of guanidine groups is 1. The van der Waals surface area contributed by atoms with Gasteiger partial charge in [0.25, 0.3) is 0 Å². The summed E-state index contributed by atoms with van der Waals surface area (Å²) in [6, 6.07) is 8.24. The Morgan fingerprint density at radius 3 is 2.71 bits per heavy atom. The molecule has 1 saturated carbocycles. The van der Waals surface area contributed by atoms with Gasteiger partial charge in [-0.15, -0.1) is 24.0 Å². The van der Waals surface area contributed by atoms with E-state index in [4.69, 9.17) is 11.6 Å². The van der Waals surface area contributed by atoms with Crippen molar-refractivity contribution < 1.29 is 4.79 Å². The largest absolute Gasteiger partial charge is 0.356 e. The van der Waals surface area contributed by atoms with Gasteiger partial charge in [0.15, 0.2) is 5.96 Å². The first kappa shape index (κ1) is 21.0. The van der Waals surface area contributed by atoms with Gasteiger partial charge in [-0.2, -0.15) is 0 Å². The van der Waals surface area contributed by atoms with Gasteiger partial charge in [0.05, 0.1) is 6.04 Å². The number of halogens is 2. The van der Waals surface area contributed by atoms with Crippen molar-refractivity contribution in [2.24, 2.45) is 4.99 Å². The maximum atomic E-state index is 11.6. The molecule has 1 aliphatic rings. The maximum absolute atomic E-state index is 11.6. The first-order valence-electron chi connectivity index (χ1n) is 8.11. The number of carbonyl (C=O) groups is 1. The summed E-state index contributed by atoms with van der Waals surface area (Å²) in [6.07, 6.45) is 3.57. The Balaban J connectivity index is 0.00000288. The predicted octanol–water partition coefficient (Wildman–Crippen LogP) is 3.24. The van der Waals surface area contributed by atoms with Gasteiger partial charge in [-0.05, 0) is 37.8 Å². The molecule has 2 rings (SSSR count). The van der Waals surface area contributed by atoms with Gasteiger partial charge in [-0.25, -0.2) is 0 Å². The van der Waals surface area contributed by atoms with E-state index in [1.54, 1.807) is 7.05 Å². The zero-order valence-corrected chi connectivity index (χ0v) is 17.2. The molecule has 0 bridgehead atoms. The minimum absolute atomic E-state index is 0. The van der Waals surface area contributed by atoms with Crippen LogP contribution in [-0.2, 0) is 4.79 Å². The monoisotopic (exact) mass is 464 g/mol. The van der Waals surface area contributed by atoms with Crippen LogP contribution in [0.25, 0.3) is 0 Å². The van der Waals surface area contributed by atoms with Crippen molar-refractivity contribution in [2.45, 2.75) is 44.7 Å². The van der Waals surface area contributed by atoms with E-state index in [-0.39, 0.29) is 35.9 Å². The average Bonchev–Trinajstić information content (AvgIpc) is 3.34. The molecule has 24 heavy (non-hydrogen) atoms. The van der Waals surface area contributed by atoms with E-state index in [1.165, 1.54) is 0 Å². The molecule has 1 fully saturated rings. The minimum atomic E-state index is 0. The van der Waals surface area contributed by atoms with Gasteiger partial charge < -0.3 is 16.0 Å². The number of hydrogen-bond acceptors (Lipinski definition) is 2. The van der Waals surface area contributed by atoms with E-state index in [0.29, 0.717) is 25.0 Å². The summed E-state index contributed by atoms with van der Waals surface area (Å²) in [7, 11) is 1.73. The van der Waals surface area contributed by atoms with Gasteiger partial charge in [-0.3, -0.25) is 9.79 Å². The summed E-state index contributed by atoms with van der Waals surface area (Å²) in [6.45, 7) is 2.74. The van der Waals surface area contributed by atoms with Crippen molar-refractivity contribution in [3.63, 3.8) is 0 Å². The van der Waals surface area contributed by atoms with E-state index < -0.39 is 0 Å². The third-order valence-corrected chi connectivity index (χ3v) is 4.11. The molecule has 0 spiro atoms. The van der Waals surface area contributed by atoms with Crippen LogP contribution in [0.15, 0.2) is 29.3 Å². The summed E-state index contributed by atoms with van der Waals surface area (Å²) in [5.74, 6) is 0.849. The fourth-order valence-electron chi connectivity index (χ4n) is 2.29. The van der Waals surface area contributed by atoms with E-state index in [0.717, 1.165) is 29.8 Å². The number of nitrogens with one attached hydrogen (secondary N) is 3. The Labute approximate surface area is 166 Å². The van der Waals surface area contributed by atoms with Crippen LogP contribution < -0.4 is 16.0 Å². The fourth-order valence-corrected chi connectivity index (χ4v) is 2.59. The van der Waals surface area contributed by atoms with Crippen LogP contribution >= 0.6 is 35.6 Å². The summed E-state index contributed by atoms with van der Waals surface area (Å²) < 4.78 is 0. The number of hydrogen-bond donors (Lipinski definition) is 3. The van der Waals surface area contributed by atoms with Crippen LogP contribution in [0.3, 0.4) is 0 Å². The molecule has 1 atom stereocenters. The van der Waals surface area contributed by atoms with Crippen molar-refractivity contribution >= 4 is 47.4 Å². The molecule has 5 nitrogen and oxygen atoms in total. The number of rotatable bonds is 7. The van der Waals surface area contributed by atoms with Crippen LogP contribution in [0, 0.1) is 0 Å². The lowest BCUT2D eigenvalue weighted by atomic mass is 10.1. The van der Waals surface area contributed by atoms with Crippen molar-refractivity contribution in [1.82, 2.24) is 16.0 Å². The van der Waals surface area contributed by atoms with Gasteiger partial charge in [0, 0.05) is 31.1 Å². The Bertz CT molecular complexity index is 563. The second-order valence-corrected chi connectivity index (χ2v) is 6.24. The van der Waals surface area contributed by atoms with E-state index in [1.807, 2.05) is 31.2 Å². The van der Waals surface area contributed by atoms with Crippen LogP contribution in [0.4, 0.5) is 0 Å². The average molecular weight is 465 g/mol. The standard InChI is InChI=1S/C17H25ClN4O.HI/c1-12(14-6-3-4-7-15(14)18)21-17(19-2)20-11-5-8-16(23)22-13-9-10-13;/h3-4,6-7,12-13H,5,8-11H2,1-2H3,(H,22,23)(H2,19,20,21);1H. The molecule has 7 heteroatoms. The van der Waals surface area contributed by atoms with Gasteiger partial charge >= 0.3 is 0 Å². The molecule has 1 aromatic carbocycles. The normalized spacial score (nSPS) is 15.2. The first-order chi connectivity index (χ1) is 11.1. The molecule has 1 aliphatic carbocycles. The number of benzene rings is 1. The predicted molar refractivity (Wildman–Crippen MR) is 110 cm³/mol. The Morgan fingerprint density at radius 1 is 1.38 bits per heavy atom. The molecule has 0 aliphatic heterocycles. The maximum Gasteiger partial charge on any atom is 0.220 e. The lowest BCUT2D eigenvalue weighted by Crippen LogP contribution is -2.39.